The van der Waals surface area contributed by atoms with Crippen molar-refractivity contribution in [2.24, 2.45) is 0 Å². The number of fused-ring (bicyclic) bond motifs is 2. The molecule has 2 bridgehead atoms. The van der Waals surface area contributed by atoms with E-state index < -0.39 is 0 Å². The van der Waals surface area contributed by atoms with Gasteiger partial charge in [0.2, 0.25) is 11.8 Å². The molecule has 2 heterocycles. The highest BCUT2D eigenvalue weighted by Gasteiger charge is 2.14. The number of methoxy groups -OCH3 is 1. The van der Waals surface area contributed by atoms with Gasteiger partial charge >= 0.3 is 0 Å². The highest BCUT2D eigenvalue weighted by Crippen LogP contribution is 2.35. The molecule has 3 aromatic rings. The van der Waals surface area contributed by atoms with Crippen LogP contribution in [0.3, 0.4) is 0 Å². The average molecular weight is 484 g/mol. The van der Waals surface area contributed by atoms with Gasteiger partial charge < -0.3 is 25.4 Å². The summed E-state index contributed by atoms with van der Waals surface area (Å²) < 4.78 is 11.4. The van der Waals surface area contributed by atoms with Crippen LogP contribution in [-0.4, -0.2) is 42.0 Å². The maximum Gasteiger partial charge on any atom is 0.220 e. The van der Waals surface area contributed by atoms with Gasteiger partial charge in [-0.05, 0) is 36.6 Å². The smallest absolute Gasteiger partial charge is 0.220 e. The molecule has 4 rings (SSSR count). The van der Waals surface area contributed by atoms with Gasteiger partial charge in [-0.1, -0.05) is 17.7 Å². The molecule has 0 unspecified atom stereocenters. The number of rotatable bonds is 1. The SMILES string of the molecule is COc1cc2cc3c(ncnc13)Nc1cc(Cl)ccc1CNC(=O)CCCNC(=O)CCCO2. The van der Waals surface area contributed by atoms with Crippen molar-refractivity contribution < 1.29 is 19.1 Å². The van der Waals surface area contributed by atoms with Crippen molar-refractivity contribution >= 4 is 45.8 Å². The molecule has 0 saturated heterocycles. The first kappa shape index (κ1) is 23.6. The standard InChI is InChI=1S/C24H26ClN5O4/c1-33-20-12-17-11-18-23(20)28-14-29-24(18)30-19-10-16(25)7-6-15(19)13-27-22(32)4-2-8-26-21(31)5-3-9-34-17/h6-7,10-12,14H,2-5,8-9,13H2,1H3,(H,26,31)(H,27,32)(H,28,29,30). The van der Waals surface area contributed by atoms with E-state index in [0.29, 0.717) is 84.3 Å². The van der Waals surface area contributed by atoms with Crippen molar-refractivity contribution in [1.29, 1.82) is 0 Å². The van der Waals surface area contributed by atoms with E-state index in [1.807, 2.05) is 12.1 Å². The lowest BCUT2D eigenvalue weighted by Gasteiger charge is -2.16. The molecule has 1 aromatic heterocycles. The molecule has 2 amide bonds. The lowest BCUT2D eigenvalue weighted by molar-refractivity contribution is -0.123. The molecule has 10 heteroatoms. The number of benzene rings is 2. The summed E-state index contributed by atoms with van der Waals surface area (Å²) in [5, 5.41) is 10.3. The molecule has 2 aromatic carbocycles. The zero-order chi connectivity index (χ0) is 23.9. The number of nitrogens with zero attached hydrogens (tertiary/aromatic N) is 2. The summed E-state index contributed by atoms with van der Waals surface area (Å²) in [4.78, 5) is 33.1. The van der Waals surface area contributed by atoms with Gasteiger partial charge in [0.25, 0.3) is 0 Å². The van der Waals surface area contributed by atoms with E-state index in [1.54, 1.807) is 25.3 Å². The third kappa shape index (κ3) is 5.85. The Bertz CT molecular complexity index is 1200. The fourth-order valence-corrected chi connectivity index (χ4v) is 3.84. The largest absolute Gasteiger partial charge is 0.494 e. The highest BCUT2D eigenvalue weighted by molar-refractivity contribution is 6.30. The second-order valence-electron chi connectivity index (χ2n) is 7.85. The molecule has 0 radical (unpaired) electrons. The summed E-state index contributed by atoms with van der Waals surface area (Å²) in [6.07, 6.45) is 3.22. The molecule has 1 aliphatic rings. The van der Waals surface area contributed by atoms with Crippen LogP contribution in [0.4, 0.5) is 11.5 Å². The molecule has 34 heavy (non-hydrogen) atoms. The van der Waals surface area contributed by atoms with Crippen molar-refractivity contribution in [3.8, 4) is 11.5 Å². The molecule has 0 spiro atoms. The summed E-state index contributed by atoms with van der Waals surface area (Å²) in [6, 6.07) is 9.01. The van der Waals surface area contributed by atoms with E-state index in [4.69, 9.17) is 21.1 Å². The lowest BCUT2D eigenvalue weighted by Crippen LogP contribution is -2.27. The van der Waals surface area contributed by atoms with Crippen LogP contribution in [0.5, 0.6) is 11.5 Å². The van der Waals surface area contributed by atoms with Gasteiger partial charge in [0.1, 0.15) is 29.2 Å². The van der Waals surface area contributed by atoms with Crippen LogP contribution in [-0.2, 0) is 16.1 Å². The van der Waals surface area contributed by atoms with Crippen molar-refractivity contribution in [1.82, 2.24) is 20.6 Å². The second-order valence-corrected chi connectivity index (χ2v) is 8.29. The third-order valence-electron chi connectivity index (χ3n) is 5.42. The van der Waals surface area contributed by atoms with Crippen LogP contribution in [0, 0.1) is 0 Å². The lowest BCUT2D eigenvalue weighted by atomic mass is 10.1. The zero-order valence-electron chi connectivity index (χ0n) is 18.8. The Morgan fingerprint density at radius 3 is 2.71 bits per heavy atom. The maximum absolute atomic E-state index is 12.3. The van der Waals surface area contributed by atoms with Gasteiger partial charge in [-0.25, -0.2) is 9.97 Å². The minimum atomic E-state index is -0.0941. The van der Waals surface area contributed by atoms with Crippen LogP contribution in [0.25, 0.3) is 10.9 Å². The van der Waals surface area contributed by atoms with Gasteiger partial charge in [-0.2, -0.15) is 0 Å². The fraction of sp³-hybridized carbons (Fsp3) is 0.333. The van der Waals surface area contributed by atoms with Gasteiger partial charge in [0.05, 0.1) is 19.1 Å². The number of hydrogen-bond donors (Lipinski definition) is 3. The minimum Gasteiger partial charge on any atom is -0.494 e. The number of halogens is 1. The van der Waals surface area contributed by atoms with Gasteiger partial charge in [0, 0.05) is 42.7 Å². The number of nitrogens with one attached hydrogen (secondary N) is 3. The first-order chi connectivity index (χ1) is 16.5. The first-order valence-electron chi connectivity index (χ1n) is 11.1. The molecule has 0 aliphatic carbocycles. The molecule has 1 aliphatic heterocycles. The summed E-state index contributed by atoms with van der Waals surface area (Å²) in [5.74, 6) is 1.51. The number of carbonyl (C=O) groups excluding carboxylic acids is 2. The Labute approximate surface area is 202 Å². The molecule has 0 saturated carbocycles. The van der Waals surface area contributed by atoms with Crippen molar-refractivity contribution in [2.45, 2.75) is 32.2 Å². The molecule has 178 valence electrons. The second kappa shape index (κ2) is 11.0. The quantitative estimate of drug-likeness (QED) is 0.483. The first-order valence-corrected chi connectivity index (χ1v) is 11.5. The van der Waals surface area contributed by atoms with Crippen LogP contribution in [0.15, 0.2) is 36.7 Å². The number of aromatic nitrogens is 2. The van der Waals surface area contributed by atoms with E-state index in [-0.39, 0.29) is 11.8 Å². The van der Waals surface area contributed by atoms with E-state index in [0.717, 1.165) is 5.56 Å². The molecule has 0 fully saturated rings. The Balaban J connectivity index is 1.72. The van der Waals surface area contributed by atoms with Crippen LogP contribution in [0.1, 0.15) is 31.2 Å². The van der Waals surface area contributed by atoms with Gasteiger partial charge in [-0.3, -0.25) is 9.59 Å². The topological polar surface area (TPSA) is 114 Å². The summed E-state index contributed by atoms with van der Waals surface area (Å²) in [6.45, 7) is 1.12. The van der Waals surface area contributed by atoms with Gasteiger partial charge in [-0.15, -0.1) is 0 Å². The molecular weight excluding hydrogens is 458 g/mol. The predicted molar refractivity (Wildman–Crippen MR) is 130 cm³/mol. The number of anilines is 2. The normalized spacial score (nSPS) is 15.6. The predicted octanol–water partition coefficient (Wildman–Crippen LogP) is 3.72. The number of amides is 2. The summed E-state index contributed by atoms with van der Waals surface area (Å²) >= 11 is 6.26. The number of ether oxygens (including phenoxy) is 2. The third-order valence-corrected chi connectivity index (χ3v) is 5.65. The molecule has 0 atom stereocenters. The minimum absolute atomic E-state index is 0.0660. The van der Waals surface area contributed by atoms with Crippen molar-refractivity contribution in [2.75, 3.05) is 25.6 Å². The van der Waals surface area contributed by atoms with Crippen LogP contribution >= 0.6 is 11.6 Å². The summed E-state index contributed by atoms with van der Waals surface area (Å²) in [7, 11) is 1.57. The van der Waals surface area contributed by atoms with E-state index in [2.05, 4.69) is 25.9 Å². The van der Waals surface area contributed by atoms with E-state index in [9.17, 15) is 9.59 Å². The van der Waals surface area contributed by atoms with Crippen LogP contribution < -0.4 is 25.4 Å². The van der Waals surface area contributed by atoms with E-state index >= 15 is 0 Å². The highest BCUT2D eigenvalue weighted by atomic mass is 35.5. The average Bonchev–Trinajstić information content (AvgIpc) is 2.83. The number of hydrogen-bond acceptors (Lipinski definition) is 7. The molecule has 3 N–H and O–H groups in total. The fourth-order valence-electron chi connectivity index (χ4n) is 3.67. The Morgan fingerprint density at radius 2 is 1.85 bits per heavy atom. The van der Waals surface area contributed by atoms with Crippen molar-refractivity contribution in [3.05, 3.63) is 47.2 Å². The van der Waals surface area contributed by atoms with Crippen LogP contribution in [0.2, 0.25) is 5.02 Å². The Morgan fingerprint density at radius 1 is 1.03 bits per heavy atom. The number of carbonyl (C=O) groups is 2. The Kier molecular flexibility index (Phi) is 7.64. The molecular formula is C24H26ClN5O4. The summed E-state index contributed by atoms with van der Waals surface area (Å²) in [5.41, 5.74) is 2.17. The molecule has 9 nitrogen and oxygen atoms in total. The Hall–Kier alpha value is -3.59. The van der Waals surface area contributed by atoms with Gasteiger partial charge in [0.15, 0.2) is 0 Å². The monoisotopic (exact) mass is 483 g/mol. The zero-order valence-corrected chi connectivity index (χ0v) is 19.6. The maximum atomic E-state index is 12.3. The van der Waals surface area contributed by atoms with E-state index in [1.165, 1.54) is 6.33 Å². The van der Waals surface area contributed by atoms with Crippen molar-refractivity contribution in [3.63, 3.8) is 0 Å².